The monoisotopic (exact) mass is 325 g/mol. The molecular formula is C15H17Cl2N3O. The zero-order chi connectivity index (χ0) is 15.6. The Kier molecular flexibility index (Phi) is 4.91. The minimum Gasteiger partial charge on any atom is -0.326 e. The summed E-state index contributed by atoms with van der Waals surface area (Å²) in [6.45, 7) is 3.96. The standard InChI is InChI=1S/C15H17Cl2N3O/c1-9-14(10(2)20(3)19-9)4-5-15(21)18-13-7-11(16)6-12(17)8-13/h6-8H,4-5H2,1-3H3,(H,18,21). The van der Waals surface area contributed by atoms with E-state index in [1.165, 1.54) is 0 Å². The van der Waals surface area contributed by atoms with Crippen molar-refractivity contribution in [3.63, 3.8) is 0 Å². The first kappa shape index (κ1) is 15.9. The predicted octanol–water partition coefficient (Wildman–Crippen LogP) is 3.92. The number of nitrogens with zero attached hydrogens (tertiary/aromatic N) is 2. The smallest absolute Gasteiger partial charge is 0.224 e. The molecule has 112 valence electrons. The van der Waals surface area contributed by atoms with Crippen LogP contribution in [0.25, 0.3) is 0 Å². The summed E-state index contributed by atoms with van der Waals surface area (Å²) in [5.74, 6) is -0.0732. The van der Waals surface area contributed by atoms with Crippen molar-refractivity contribution < 1.29 is 4.79 Å². The van der Waals surface area contributed by atoms with Gasteiger partial charge < -0.3 is 5.32 Å². The highest BCUT2D eigenvalue weighted by Crippen LogP contribution is 2.22. The molecule has 0 atom stereocenters. The second-order valence-electron chi connectivity index (χ2n) is 4.98. The third-order valence-corrected chi connectivity index (χ3v) is 3.84. The molecule has 0 bridgehead atoms. The summed E-state index contributed by atoms with van der Waals surface area (Å²) >= 11 is 11.8. The molecule has 6 heteroatoms. The van der Waals surface area contributed by atoms with Gasteiger partial charge in [-0.2, -0.15) is 5.10 Å². The molecule has 0 saturated carbocycles. The normalized spacial score (nSPS) is 10.7. The van der Waals surface area contributed by atoms with E-state index in [0.29, 0.717) is 28.6 Å². The average molecular weight is 326 g/mol. The van der Waals surface area contributed by atoms with Crippen molar-refractivity contribution in [2.45, 2.75) is 26.7 Å². The first-order valence-electron chi connectivity index (χ1n) is 6.62. The lowest BCUT2D eigenvalue weighted by Gasteiger charge is -2.07. The van der Waals surface area contributed by atoms with Crippen molar-refractivity contribution in [3.05, 3.63) is 45.2 Å². The van der Waals surface area contributed by atoms with E-state index in [-0.39, 0.29) is 5.91 Å². The Morgan fingerprint density at radius 3 is 2.38 bits per heavy atom. The Labute approximate surface area is 134 Å². The lowest BCUT2D eigenvalue weighted by molar-refractivity contribution is -0.116. The van der Waals surface area contributed by atoms with Gasteiger partial charge in [0.25, 0.3) is 0 Å². The number of carbonyl (C=O) groups excluding carboxylic acids is 1. The summed E-state index contributed by atoms with van der Waals surface area (Å²) in [6.07, 6.45) is 1.04. The molecule has 0 radical (unpaired) electrons. The molecule has 21 heavy (non-hydrogen) atoms. The number of halogens is 2. The second kappa shape index (κ2) is 6.50. The fraction of sp³-hybridized carbons (Fsp3) is 0.333. The van der Waals surface area contributed by atoms with Gasteiger partial charge in [-0.25, -0.2) is 0 Å². The molecule has 2 rings (SSSR count). The summed E-state index contributed by atoms with van der Waals surface area (Å²) in [5.41, 5.74) is 3.79. The number of hydrogen-bond donors (Lipinski definition) is 1. The molecule has 2 aromatic rings. The number of benzene rings is 1. The van der Waals surface area contributed by atoms with Crippen LogP contribution in [0.1, 0.15) is 23.4 Å². The van der Waals surface area contributed by atoms with E-state index in [9.17, 15) is 4.79 Å². The van der Waals surface area contributed by atoms with Gasteiger partial charge in [0.2, 0.25) is 5.91 Å². The fourth-order valence-corrected chi connectivity index (χ4v) is 2.79. The molecule has 0 aliphatic carbocycles. The number of carbonyl (C=O) groups is 1. The van der Waals surface area contributed by atoms with Crippen molar-refractivity contribution in [1.29, 1.82) is 0 Å². The lowest BCUT2D eigenvalue weighted by Crippen LogP contribution is -2.12. The van der Waals surface area contributed by atoms with Crippen molar-refractivity contribution in [2.75, 3.05) is 5.32 Å². The molecule has 0 saturated heterocycles. The minimum atomic E-state index is -0.0732. The minimum absolute atomic E-state index is 0.0732. The van der Waals surface area contributed by atoms with Crippen LogP contribution < -0.4 is 5.32 Å². The third-order valence-electron chi connectivity index (χ3n) is 3.41. The lowest BCUT2D eigenvalue weighted by atomic mass is 10.1. The van der Waals surface area contributed by atoms with E-state index in [4.69, 9.17) is 23.2 Å². The molecule has 0 spiro atoms. The SMILES string of the molecule is Cc1nn(C)c(C)c1CCC(=O)Nc1cc(Cl)cc(Cl)c1. The number of rotatable bonds is 4. The van der Waals surface area contributed by atoms with Gasteiger partial charge in [0, 0.05) is 34.9 Å². The average Bonchev–Trinajstić information content (AvgIpc) is 2.60. The van der Waals surface area contributed by atoms with Crippen LogP contribution in [-0.4, -0.2) is 15.7 Å². The first-order chi connectivity index (χ1) is 9.86. The van der Waals surface area contributed by atoms with E-state index in [1.54, 1.807) is 18.2 Å². The maximum absolute atomic E-state index is 12.0. The second-order valence-corrected chi connectivity index (χ2v) is 5.85. The molecule has 0 aliphatic rings. The van der Waals surface area contributed by atoms with Crippen molar-refractivity contribution in [1.82, 2.24) is 9.78 Å². The van der Waals surface area contributed by atoms with E-state index in [1.807, 2.05) is 25.6 Å². The van der Waals surface area contributed by atoms with Crippen LogP contribution in [0.4, 0.5) is 5.69 Å². The molecule has 0 fully saturated rings. The Morgan fingerprint density at radius 1 is 1.24 bits per heavy atom. The molecule has 1 aromatic carbocycles. The highest BCUT2D eigenvalue weighted by atomic mass is 35.5. The number of aryl methyl sites for hydroxylation is 2. The van der Waals surface area contributed by atoms with Gasteiger partial charge in [-0.15, -0.1) is 0 Å². The quantitative estimate of drug-likeness (QED) is 0.926. The number of amides is 1. The summed E-state index contributed by atoms with van der Waals surface area (Å²) < 4.78 is 1.83. The van der Waals surface area contributed by atoms with Gasteiger partial charge in [0.1, 0.15) is 0 Å². The maximum Gasteiger partial charge on any atom is 0.224 e. The number of nitrogens with one attached hydrogen (secondary N) is 1. The number of aromatic nitrogens is 2. The molecule has 1 heterocycles. The van der Waals surface area contributed by atoms with E-state index in [2.05, 4.69) is 10.4 Å². The number of anilines is 1. The third kappa shape index (κ3) is 3.99. The largest absolute Gasteiger partial charge is 0.326 e. The highest BCUT2D eigenvalue weighted by molar-refractivity contribution is 6.35. The Bertz CT molecular complexity index is 660. The highest BCUT2D eigenvalue weighted by Gasteiger charge is 2.11. The topological polar surface area (TPSA) is 46.9 Å². The van der Waals surface area contributed by atoms with Crippen LogP contribution in [-0.2, 0) is 18.3 Å². The van der Waals surface area contributed by atoms with Crippen LogP contribution in [0.3, 0.4) is 0 Å². The van der Waals surface area contributed by atoms with Gasteiger partial charge in [0.05, 0.1) is 5.69 Å². The Balaban J connectivity index is 1.99. The van der Waals surface area contributed by atoms with Crippen molar-refractivity contribution in [3.8, 4) is 0 Å². The van der Waals surface area contributed by atoms with E-state index in [0.717, 1.165) is 17.0 Å². The summed E-state index contributed by atoms with van der Waals surface area (Å²) in [4.78, 5) is 12.0. The Hall–Kier alpha value is -1.52. The van der Waals surface area contributed by atoms with Crippen LogP contribution in [0, 0.1) is 13.8 Å². The van der Waals surface area contributed by atoms with Gasteiger partial charge >= 0.3 is 0 Å². The molecule has 1 aromatic heterocycles. The molecule has 1 N–H and O–H groups in total. The van der Waals surface area contributed by atoms with Gasteiger partial charge in [-0.05, 0) is 44.0 Å². The first-order valence-corrected chi connectivity index (χ1v) is 7.37. The van der Waals surface area contributed by atoms with Crippen LogP contribution >= 0.6 is 23.2 Å². The van der Waals surface area contributed by atoms with E-state index >= 15 is 0 Å². The van der Waals surface area contributed by atoms with Gasteiger partial charge in [0.15, 0.2) is 0 Å². The van der Waals surface area contributed by atoms with Crippen LogP contribution in [0.15, 0.2) is 18.2 Å². The molecule has 4 nitrogen and oxygen atoms in total. The molecule has 0 unspecified atom stereocenters. The van der Waals surface area contributed by atoms with Gasteiger partial charge in [-0.1, -0.05) is 23.2 Å². The van der Waals surface area contributed by atoms with Crippen LogP contribution in [0.5, 0.6) is 0 Å². The maximum atomic E-state index is 12.0. The zero-order valence-electron chi connectivity index (χ0n) is 12.2. The number of hydrogen-bond acceptors (Lipinski definition) is 2. The molecule has 1 amide bonds. The summed E-state index contributed by atoms with van der Waals surface area (Å²) in [6, 6.07) is 4.97. The Morgan fingerprint density at radius 2 is 1.86 bits per heavy atom. The molecule has 0 aliphatic heterocycles. The van der Waals surface area contributed by atoms with Gasteiger partial charge in [-0.3, -0.25) is 9.48 Å². The fourth-order valence-electron chi connectivity index (χ4n) is 2.27. The summed E-state index contributed by atoms with van der Waals surface area (Å²) in [7, 11) is 1.90. The predicted molar refractivity (Wildman–Crippen MR) is 86.1 cm³/mol. The van der Waals surface area contributed by atoms with Crippen molar-refractivity contribution in [2.24, 2.45) is 7.05 Å². The van der Waals surface area contributed by atoms with Crippen LogP contribution in [0.2, 0.25) is 10.0 Å². The summed E-state index contributed by atoms with van der Waals surface area (Å²) in [5, 5.41) is 8.14. The van der Waals surface area contributed by atoms with Crippen molar-refractivity contribution >= 4 is 34.8 Å². The molecular weight excluding hydrogens is 309 g/mol. The van der Waals surface area contributed by atoms with E-state index < -0.39 is 0 Å². The zero-order valence-corrected chi connectivity index (χ0v) is 13.7.